The predicted molar refractivity (Wildman–Crippen MR) is 90.3 cm³/mol. The van der Waals surface area contributed by atoms with Crippen molar-refractivity contribution in [2.75, 3.05) is 6.54 Å². The lowest BCUT2D eigenvalue weighted by Gasteiger charge is -2.20. The first-order chi connectivity index (χ1) is 11.7. The highest BCUT2D eigenvalue weighted by molar-refractivity contribution is 5.78. The molecule has 0 unspecified atom stereocenters. The zero-order chi connectivity index (χ0) is 16.9. The first-order valence-electron chi connectivity index (χ1n) is 8.50. The summed E-state index contributed by atoms with van der Waals surface area (Å²) in [5.74, 6) is 0.756. The van der Waals surface area contributed by atoms with Crippen LogP contribution in [0.3, 0.4) is 0 Å². The lowest BCUT2D eigenvalue weighted by atomic mass is 9.89. The van der Waals surface area contributed by atoms with Crippen LogP contribution in [-0.4, -0.2) is 31.8 Å². The smallest absolute Gasteiger partial charge is 0.346 e. The SMILES string of the molecule is Cn1c(-c2ccccn2)nn(CCNC(=O)C2CCCCC2)c1=O. The molecule has 3 rings (SSSR count). The fourth-order valence-electron chi connectivity index (χ4n) is 3.15. The van der Waals surface area contributed by atoms with Crippen molar-refractivity contribution < 1.29 is 4.79 Å². The van der Waals surface area contributed by atoms with Crippen LogP contribution in [-0.2, 0) is 18.4 Å². The van der Waals surface area contributed by atoms with E-state index >= 15 is 0 Å². The Bertz CT molecular complexity index is 744. The molecule has 2 aromatic heterocycles. The molecule has 0 spiro atoms. The van der Waals surface area contributed by atoms with Crippen LogP contribution in [0.5, 0.6) is 0 Å². The van der Waals surface area contributed by atoms with Crippen LogP contribution in [0, 0.1) is 5.92 Å². The molecule has 0 radical (unpaired) electrons. The van der Waals surface area contributed by atoms with Crippen molar-refractivity contribution in [3.63, 3.8) is 0 Å². The molecule has 0 saturated heterocycles. The zero-order valence-electron chi connectivity index (χ0n) is 13.9. The monoisotopic (exact) mass is 329 g/mol. The third kappa shape index (κ3) is 3.55. The minimum Gasteiger partial charge on any atom is -0.354 e. The van der Waals surface area contributed by atoms with E-state index in [0.29, 0.717) is 24.6 Å². The van der Waals surface area contributed by atoms with Gasteiger partial charge in [0.1, 0.15) is 5.69 Å². The number of pyridine rings is 1. The van der Waals surface area contributed by atoms with Gasteiger partial charge < -0.3 is 5.32 Å². The largest absolute Gasteiger partial charge is 0.354 e. The molecule has 1 N–H and O–H groups in total. The lowest BCUT2D eigenvalue weighted by Crippen LogP contribution is -2.36. The van der Waals surface area contributed by atoms with E-state index in [2.05, 4.69) is 15.4 Å². The maximum absolute atomic E-state index is 12.3. The van der Waals surface area contributed by atoms with Crippen LogP contribution >= 0.6 is 0 Å². The lowest BCUT2D eigenvalue weighted by molar-refractivity contribution is -0.125. The third-order valence-electron chi connectivity index (χ3n) is 4.53. The molecule has 2 aromatic rings. The number of carbonyl (C=O) groups is 1. The second-order valence-corrected chi connectivity index (χ2v) is 6.23. The number of hydrogen-bond donors (Lipinski definition) is 1. The highest BCUT2D eigenvalue weighted by Gasteiger charge is 2.20. The molecule has 1 aliphatic carbocycles. The van der Waals surface area contributed by atoms with Crippen LogP contribution < -0.4 is 11.0 Å². The van der Waals surface area contributed by atoms with Gasteiger partial charge in [0.25, 0.3) is 0 Å². The van der Waals surface area contributed by atoms with Crippen molar-refractivity contribution in [1.29, 1.82) is 0 Å². The minimum absolute atomic E-state index is 0.101. The van der Waals surface area contributed by atoms with Crippen LogP contribution in [0.2, 0.25) is 0 Å². The van der Waals surface area contributed by atoms with Crippen LogP contribution in [0.25, 0.3) is 11.5 Å². The molecule has 1 fully saturated rings. The number of aromatic nitrogens is 4. The Hall–Kier alpha value is -2.44. The molecule has 24 heavy (non-hydrogen) atoms. The summed E-state index contributed by atoms with van der Waals surface area (Å²) in [7, 11) is 1.68. The number of rotatable bonds is 5. The van der Waals surface area contributed by atoms with Gasteiger partial charge in [-0.2, -0.15) is 0 Å². The van der Waals surface area contributed by atoms with Gasteiger partial charge in [-0.05, 0) is 25.0 Å². The molecular formula is C17H23N5O2. The van der Waals surface area contributed by atoms with E-state index in [1.54, 1.807) is 13.2 Å². The number of nitrogens with zero attached hydrogens (tertiary/aromatic N) is 4. The normalized spacial score (nSPS) is 15.4. The third-order valence-corrected chi connectivity index (χ3v) is 4.53. The van der Waals surface area contributed by atoms with Crippen molar-refractivity contribution in [1.82, 2.24) is 24.6 Å². The highest BCUT2D eigenvalue weighted by atomic mass is 16.2. The number of nitrogens with one attached hydrogen (secondary N) is 1. The van der Waals surface area contributed by atoms with E-state index in [4.69, 9.17) is 0 Å². The fraction of sp³-hybridized carbons (Fsp3) is 0.529. The zero-order valence-corrected chi connectivity index (χ0v) is 13.9. The van der Waals surface area contributed by atoms with E-state index in [0.717, 1.165) is 25.7 Å². The fourth-order valence-corrected chi connectivity index (χ4v) is 3.15. The maximum Gasteiger partial charge on any atom is 0.346 e. The number of hydrogen-bond acceptors (Lipinski definition) is 4. The second kappa shape index (κ2) is 7.42. The molecule has 1 amide bonds. The van der Waals surface area contributed by atoms with E-state index in [1.165, 1.54) is 15.7 Å². The molecule has 2 heterocycles. The Labute approximate surface area is 140 Å². The summed E-state index contributed by atoms with van der Waals surface area (Å²) in [6, 6.07) is 5.49. The number of carbonyl (C=O) groups excluding carboxylic acids is 1. The Kier molecular flexibility index (Phi) is 5.08. The summed E-state index contributed by atoms with van der Waals surface area (Å²) in [6.07, 6.45) is 7.10. The standard InChI is InChI=1S/C17H23N5O2/c1-21-15(14-9-5-6-10-18-14)20-22(17(21)24)12-11-19-16(23)13-7-3-2-4-8-13/h5-6,9-10,13H,2-4,7-8,11-12H2,1H3,(H,19,23). The van der Waals surface area contributed by atoms with E-state index in [9.17, 15) is 9.59 Å². The molecule has 128 valence electrons. The van der Waals surface area contributed by atoms with Crippen molar-refractivity contribution in [2.24, 2.45) is 13.0 Å². The van der Waals surface area contributed by atoms with E-state index < -0.39 is 0 Å². The van der Waals surface area contributed by atoms with Gasteiger partial charge in [0.2, 0.25) is 5.91 Å². The van der Waals surface area contributed by atoms with Crippen molar-refractivity contribution >= 4 is 5.91 Å². The average Bonchev–Trinajstić information content (AvgIpc) is 2.92. The minimum atomic E-state index is -0.206. The Morgan fingerprint density at radius 1 is 1.29 bits per heavy atom. The summed E-state index contributed by atoms with van der Waals surface area (Å²) < 4.78 is 2.86. The predicted octanol–water partition coefficient (Wildman–Crippen LogP) is 1.34. The molecule has 7 heteroatoms. The van der Waals surface area contributed by atoms with Crippen LogP contribution in [0.15, 0.2) is 29.2 Å². The summed E-state index contributed by atoms with van der Waals surface area (Å²) in [6.45, 7) is 0.770. The van der Waals surface area contributed by atoms with Gasteiger partial charge >= 0.3 is 5.69 Å². The number of amides is 1. The summed E-state index contributed by atoms with van der Waals surface area (Å²) in [5.41, 5.74) is 0.449. The Morgan fingerprint density at radius 3 is 2.79 bits per heavy atom. The van der Waals surface area contributed by atoms with Crippen molar-refractivity contribution in [2.45, 2.75) is 38.6 Å². The molecular weight excluding hydrogens is 306 g/mol. The van der Waals surface area contributed by atoms with Gasteiger partial charge in [-0.3, -0.25) is 14.3 Å². The molecule has 1 aliphatic rings. The summed E-state index contributed by atoms with van der Waals surface area (Å²) in [5, 5.41) is 7.28. The average molecular weight is 329 g/mol. The molecule has 0 bridgehead atoms. The van der Waals surface area contributed by atoms with Gasteiger partial charge in [-0.25, -0.2) is 9.48 Å². The summed E-state index contributed by atoms with van der Waals surface area (Å²) in [4.78, 5) is 28.6. The van der Waals surface area contributed by atoms with Gasteiger partial charge in [0, 0.05) is 25.7 Å². The van der Waals surface area contributed by atoms with E-state index in [-0.39, 0.29) is 17.5 Å². The van der Waals surface area contributed by atoms with Gasteiger partial charge in [-0.1, -0.05) is 25.3 Å². The first-order valence-corrected chi connectivity index (χ1v) is 8.50. The topological polar surface area (TPSA) is 81.8 Å². The molecule has 1 saturated carbocycles. The van der Waals surface area contributed by atoms with Gasteiger partial charge in [0.15, 0.2) is 5.82 Å². The van der Waals surface area contributed by atoms with Crippen molar-refractivity contribution in [3.8, 4) is 11.5 Å². The summed E-state index contributed by atoms with van der Waals surface area (Å²) >= 11 is 0. The van der Waals surface area contributed by atoms with Crippen LogP contribution in [0.4, 0.5) is 0 Å². The van der Waals surface area contributed by atoms with Crippen LogP contribution in [0.1, 0.15) is 32.1 Å². The Balaban J connectivity index is 1.62. The first kappa shape index (κ1) is 16.4. The molecule has 0 atom stereocenters. The Morgan fingerprint density at radius 2 is 2.08 bits per heavy atom. The highest BCUT2D eigenvalue weighted by Crippen LogP contribution is 2.23. The van der Waals surface area contributed by atoms with E-state index in [1.807, 2.05) is 18.2 Å². The maximum atomic E-state index is 12.3. The van der Waals surface area contributed by atoms with Gasteiger partial charge in [0.05, 0.1) is 6.54 Å². The van der Waals surface area contributed by atoms with Gasteiger partial charge in [-0.15, -0.1) is 5.10 Å². The molecule has 0 aromatic carbocycles. The quantitative estimate of drug-likeness (QED) is 0.897. The second-order valence-electron chi connectivity index (χ2n) is 6.23. The van der Waals surface area contributed by atoms with Crippen molar-refractivity contribution in [3.05, 3.63) is 34.9 Å². The molecule has 0 aliphatic heterocycles. The molecule has 7 nitrogen and oxygen atoms in total.